The van der Waals surface area contributed by atoms with Crippen LogP contribution >= 0.6 is 11.6 Å². The van der Waals surface area contributed by atoms with Crippen molar-refractivity contribution in [3.63, 3.8) is 0 Å². The lowest BCUT2D eigenvalue weighted by molar-refractivity contribution is 0.0998. The Balaban J connectivity index is 1.38. The van der Waals surface area contributed by atoms with Gasteiger partial charge in [0.25, 0.3) is 5.91 Å². The van der Waals surface area contributed by atoms with Gasteiger partial charge < -0.3 is 14.3 Å². The van der Waals surface area contributed by atoms with Crippen molar-refractivity contribution in [2.24, 2.45) is 0 Å². The number of furan rings is 1. The van der Waals surface area contributed by atoms with Crippen LogP contribution in [0.25, 0.3) is 22.4 Å². The molecule has 2 aromatic heterocycles. The molecule has 1 aliphatic rings. The van der Waals surface area contributed by atoms with Gasteiger partial charge in [-0.15, -0.1) is 10.2 Å². The Kier molecular flexibility index (Phi) is 4.79. The number of carbonyl (C=O) groups excluding carboxylic acids is 1. The first kappa shape index (κ1) is 18.9. The zero-order chi connectivity index (χ0) is 20.7. The summed E-state index contributed by atoms with van der Waals surface area (Å²) in [7, 11) is 0. The summed E-state index contributed by atoms with van der Waals surface area (Å²) in [5, 5.41) is 13.0. The minimum absolute atomic E-state index is 0.268. The van der Waals surface area contributed by atoms with Gasteiger partial charge in [-0.2, -0.15) is 0 Å². The number of halogens is 1. The molecule has 0 aliphatic carbocycles. The first-order valence-electron chi connectivity index (χ1n) is 10.1. The van der Waals surface area contributed by atoms with Crippen molar-refractivity contribution in [2.75, 3.05) is 5.32 Å². The number of para-hydroxylation sites is 1. The van der Waals surface area contributed by atoms with Crippen LogP contribution in [-0.4, -0.2) is 20.7 Å². The predicted molar refractivity (Wildman–Crippen MR) is 117 cm³/mol. The molecule has 1 amide bonds. The van der Waals surface area contributed by atoms with Gasteiger partial charge in [0, 0.05) is 35.2 Å². The van der Waals surface area contributed by atoms with Crippen molar-refractivity contribution in [3.8, 4) is 11.4 Å². The average molecular weight is 421 g/mol. The lowest BCUT2D eigenvalue weighted by Crippen LogP contribution is -2.12. The Hall–Kier alpha value is -3.12. The molecule has 2 aromatic carbocycles. The number of carbonyl (C=O) groups is 1. The number of benzene rings is 2. The van der Waals surface area contributed by atoms with E-state index in [2.05, 4.69) is 20.1 Å². The Labute approximate surface area is 178 Å². The van der Waals surface area contributed by atoms with E-state index in [1.807, 2.05) is 43.3 Å². The molecule has 0 saturated heterocycles. The van der Waals surface area contributed by atoms with E-state index < -0.39 is 0 Å². The number of hydrogen-bond acceptors (Lipinski definition) is 4. The van der Waals surface area contributed by atoms with Crippen molar-refractivity contribution in [3.05, 3.63) is 64.6 Å². The highest BCUT2D eigenvalue weighted by Gasteiger charge is 2.20. The predicted octanol–water partition coefficient (Wildman–Crippen LogP) is 5.63. The molecular weight excluding hydrogens is 400 g/mol. The number of fused-ring (bicyclic) bond motifs is 2. The van der Waals surface area contributed by atoms with E-state index in [4.69, 9.17) is 16.0 Å². The summed E-state index contributed by atoms with van der Waals surface area (Å²) in [5.41, 5.74) is 2.98. The van der Waals surface area contributed by atoms with Gasteiger partial charge in [-0.3, -0.25) is 4.79 Å². The summed E-state index contributed by atoms with van der Waals surface area (Å²) >= 11 is 6.20. The molecule has 1 N–H and O–H groups in total. The number of rotatable bonds is 3. The highest BCUT2D eigenvalue weighted by molar-refractivity contribution is 6.35. The summed E-state index contributed by atoms with van der Waals surface area (Å²) in [4.78, 5) is 12.8. The minimum atomic E-state index is -0.302. The number of aromatic nitrogens is 3. The molecule has 6 nitrogen and oxygen atoms in total. The SMILES string of the molecule is Cc1c(C(=O)Nc2ccc(-c3nnc4n3CCCCC4)cc2)oc2c(Cl)cccc12. The van der Waals surface area contributed by atoms with Crippen LogP contribution in [0.15, 0.2) is 46.9 Å². The monoisotopic (exact) mass is 420 g/mol. The van der Waals surface area contributed by atoms with E-state index in [1.165, 1.54) is 6.42 Å². The molecule has 152 valence electrons. The summed E-state index contributed by atoms with van der Waals surface area (Å²) in [6, 6.07) is 13.2. The van der Waals surface area contributed by atoms with E-state index >= 15 is 0 Å². The average Bonchev–Trinajstić information content (AvgIpc) is 3.22. The third-order valence-corrected chi connectivity index (χ3v) is 5.93. The molecule has 7 heteroatoms. The second-order valence-electron chi connectivity index (χ2n) is 7.61. The molecule has 0 atom stereocenters. The van der Waals surface area contributed by atoms with Gasteiger partial charge in [-0.25, -0.2) is 0 Å². The molecule has 0 radical (unpaired) electrons. The minimum Gasteiger partial charge on any atom is -0.449 e. The third kappa shape index (κ3) is 3.27. The van der Waals surface area contributed by atoms with E-state index in [0.717, 1.165) is 54.0 Å². The first-order valence-corrected chi connectivity index (χ1v) is 10.5. The largest absolute Gasteiger partial charge is 0.449 e. The lowest BCUT2D eigenvalue weighted by atomic mass is 10.1. The van der Waals surface area contributed by atoms with Gasteiger partial charge in [0.05, 0.1) is 5.02 Å². The van der Waals surface area contributed by atoms with E-state index in [1.54, 1.807) is 6.07 Å². The Morgan fingerprint density at radius 2 is 1.93 bits per heavy atom. The fraction of sp³-hybridized carbons (Fsp3) is 0.261. The number of nitrogens with one attached hydrogen (secondary N) is 1. The van der Waals surface area contributed by atoms with Crippen molar-refractivity contribution in [1.82, 2.24) is 14.8 Å². The van der Waals surface area contributed by atoms with Crippen molar-refractivity contribution in [2.45, 2.75) is 39.2 Å². The second kappa shape index (κ2) is 7.61. The van der Waals surface area contributed by atoms with E-state index in [-0.39, 0.29) is 11.7 Å². The molecular formula is C23H21ClN4O2. The van der Waals surface area contributed by atoms with Gasteiger partial charge >= 0.3 is 0 Å². The summed E-state index contributed by atoms with van der Waals surface area (Å²) in [5.74, 6) is 1.90. The zero-order valence-corrected chi connectivity index (χ0v) is 17.4. The molecule has 0 saturated carbocycles. The maximum Gasteiger partial charge on any atom is 0.291 e. The standard InChI is InChI=1S/C23H21ClN4O2/c1-14-17-6-5-7-18(24)21(17)30-20(14)23(29)25-16-11-9-15(10-12-16)22-27-26-19-8-3-2-4-13-28(19)22/h5-7,9-12H,2-4,8,13H2,1H3,(H,25,29). The smallest absolute Gasteiger partial charge is 0.291 e. The summed E-state index contributed by atoms with van der Waals surface area (Å²) in [6.07, 6.45) is 4.50. The van der Waals surface area contributed by atoms with Crippen molar-refractivity contribution < 1.29 is 9.21 Å². The van der Waals surface area contributed by atoms with Gasteiger partial charge in [0.15, 0.2) is 17.2 Å². The van der Waals surface area contributed by atoms with Crippen molar-refractivity contribution >= 4 is 34.2 Å². The molecule has 0 fully saturated rings. The lowest BCUT2D eigenvalue weighted by Gasteiger charge is -2.08. The highest BCUT2D eigenvalue weighted by Crippen LogP contribution is 2.31. The van der Waals surface area contributed by atoms with E-state index in [0.29, 0.717) is 16.3 Å². The number of nitrogens with zero attached hydrogens (tertiary/aromatic N) is 3. The van der Waals surface area contributed by atoms with Crippen LogP contribution in [0, 0.1) is 6.92 Å². The molecule has 4 aromatic rings. The summed E-state index contributed by atoms with van der Waals surface area (Å²) in [6.45, 7) is 2.81. The zero-order valence-electron chi connectivity index (χ0n) is 16.6. The van der Waals surface area contributed by atoms with Gasteiger partial charge in [0.1, 0.15) is 5.82 Å². The van der Waals surface area contributed by atoms with Crippen LogP contribution in [-0.2, 0) is 13.0 Å². The van der Waals surface area contributed by atoms with Crippen molar-refractivity contribution in [1.29, 1.82) is 0 Å². The molecule has 0 bridgehead atoms. The van der Waals surface area contributed by atoms with Crippen LogP contribution in [0.4, 0.5) is 5.69 Å². The van der Waals surface area contributed by atoms with E-state index in [9.17, 15) is 4.79 Å². The molecule has 0 spiro atoms. The highest BCUT2D eigenvalue weighted by atomic mass is 35.5. The third-order valence-electron chi connectivity index (χ3n) is 5.63. The maximum absolute atomic E-state index is 12.8. The quantitative estimate of drug-likeness (QED) is 0.466. The van der Waals surface area contributed by atoms with Gasteiger partial charge in [0.2, 0.25) is 0 Å². The molecule has 5 rings (SSSR count). The fourth-order valence-corrected chi connectivity index (χ4v) is 4.23. The normalized spacial score (nSPS) is 13.8. The number of hydrogen-bond donors (Lipinski definition) is 1. The summed E-state index contributed by atoms with van der Waals surface area (Å²) < 4.78 is 7.97. The molecule has 30 heavy (non-hydrogen) atoms. The van der Waals surface area contributed by atoms with Crippen LogP contribution in [0.2, 0.25) is 5.02 Å². The van der Waals surface area contributed by atoms with Crippen LogP contribution in [0.3, 0.4) is 0 Å². The second-order valence-corrected chi connectivity index (χ2v) is 8.01. The Bertz CT molecular complexity index is 1240. The maximum atomic E-state index is 12.8. The topological polar surface area (TPSA) is 73.0 Å². The molecule has 0 unspecified atom stereocenters. The van der Waals surface area contributed by atoms with Gasteiger partial charge in [-0.05, 0) is 50.1 Å². The molecule has 1 aliphatic heterocycles. The molecule has 3 heterocycles. The first-order chi connectivity index (χ1) is 14.6. The van der Waals surface area contributed by atoms with Crippen LogP contribution < -0.4 is 5.32 Å². The number of aryl methyl sites for hydroxylation is 2. The van der Waals surface area contributed by atoms with Crippen LogP contribution in [0.5, 0.6) is 0 Å². The Morgan fingerprint density at radius 3 is 2.73 bits per heavy atom. The fourth-order valence-electron chi connectivity index (χ4n) is 4.01. The van der Waals surface area contributed by atoms with Crippen LogP contribution in [0.1, 0.15) is 41.2 Å². The Morgan fingerprint density at radius 1 is 1.10 bits per heavy atom. The number of amides is 1. The van der Waals surface area contributed by atoms with Gasteiger partial charge in [-0.1, -0.05) is 30.2 Å². The number of anilines is 1.